The average Bonchev–Trinajstić information content (AvgIpc) is 3.28. The summed E-state index contributed by atoms with van der Waals surface area (Å²) in [6, 6.07) is 10.1. The minimum Gasteiger partial charge on any atom is -0.451 e. The molecule has 1 amide bonds. The number of esters is 1. The van der Waals surface area contributed by atoms with Crippen LogP contribution in [0.4, 0.5) is 0 Å². The maximum Gasteiger partial charge on any atom is 0.359 e. The zero-order valence-corrected chi connectivity index (χ0v) is 16.4. The minimum atomic E-state index is -0.585. The van der Waals surface area contributed by atoms with E-state index >= 15 is 0 Å². The van der Waals surface area contributed by atoms with Crippen LogP contribution in [0.5, 0.6) is 0 Å². The molecule has 1 unspecified atom stereocenters. The normalized spacial score (nSPS) is 17.2. The summed E-state index contributed by atoms with van der Waals surface area (Å²) in [7, 11) is 0. The molecule has 1 aliphatic rings. The van der Waals surface area contributed by atoms with Crippen LogP contribution < -0.4 is 0 Å². The van der Waals surface area contributed by atoms with E-state index in [0.29, 0.717) is 6.54 Å². The molecular weight excluding hydrogens is 342 g/mol. The van der Waals surface area contributed by atoms with Gasteiger partial charge in [-0.15, -0.1) is 0 Å². The lowest BCUT2D eigenvalue weighted by Gasteiger charge is -2.26. The molecule has 1 aromatic carbocycles. The summed E-state index contributed by atoms with van der Waals surface area (Å²) in [6.07, 6.45) is 1.87. The first-order valence-corrected chi connectivity index (χ1v) is 9.35. The number of hydrogen-bond donors (Lipinski definition) is 1. The summed E-state index contributed by atoms with van der Waals surface area (Å²) in [5, 5.41) is 6.55. The van der Waals surface area contributed by atoms with Gasteiger partial charge in [0.25, 0.3) is 5.91 Å². The van der Waals surface area contributed by atoms with Crippen molar-refractivity contribution in [1.29, 1.82) is 0 Å². The average molecular weight is 369 g/mol. The van der Waals surface area contributed by atoms with E-state index in [0.717, 1.165) is 24.1 Å². The van der Waals surface area contributed by atoms with Crippen molar-refractivity contribution in [3.63, 3.8) is 0 Å². The van der Waals surface area contributed by atoms with Gasteiger partial charge in [-0.05, 0) is 42.4 Å². The van der Waals surface area contributed by atoms with Crippen LogP contribution in [-0.2, 0) is 14.9 Å². The monoisotopic (exact) mass is 369 g/mol. The molecule has 6 nitrogen and oxygen atoms in total. The number of hydrogen-bond acceptors (Lipinski definition) is 4. The van der Waals surface area contributed by atoms with Gasteiger partial charge >= 0.3 is 5.97 Å². The van der Waals surface area contributed by atoms with Crippen LogP contribution in [0.25, 0.3) is 0 Å². The molecule has 1 aromatic heterocycles. The van der Waals surface area contributed by atoms with Gasteiger partial charge in [-0.1, -0.05) is 45.0 Å². The molecule has 0 radical (unpaired) electrons. The van der Waals surface area contributed by atoms with Gasteiger partial charge < -0.3 is 9.64 Å². The van der Waals surface area contributed by atoms with Crippen molar-refractivity contribution in [3.8, 4) is 0 Å². The van der Waals surface area contributed by atoms with E-state index in [4.69, 9.17) is 4.74 Å². The molecule has 27 heavy (non-hydrogen) atoms. The fourth-order valence-corrected chi connectivity index (χ4v) is 3.42. The second-order valence-electron chi connectivity index (χ2n) is 8.13. The predicted molar refractivity (Wildman–Crippen MR) is 102 cm³/mol. The molecule has 1 saturated heterocycles. The SMILES string of the molecule is Cc1cc(C(=O)OCC(=O)N2CCCC2c2ccc(C(C)(C)C)cc2)n[nH]1. The van der Waals surface area contributed by atoms with Gasteiger partial charge in [0, 0.05) is 12.2 Å². The highest BCUT2D eigenvalue weighted by Gasteiger charge is 2.30. The third-order valence-electron chi connectivity index (χ3n) is 4.98. The van der Waals surface area contributed by atoms with Gasteiger partial charge in [0.05, 0.1) is 6.04 Å². The topological polar surface area (TPSA) is 75.3 Å². The second kappa shape index (κ2) is 7.55. The highest BCUT2D eigenvalue weighted by Crippen LogP contribution is 2.33. The van der Waals surface area contributed by atoms with E-state index in [1.165, 1.54) is 5.56 Å². The maximum absolute atomic E-state index is 12.6. The molecule has 1 atom stereocenters. The van der Waals surface area contributed by atoms with E-state index in [2.05, 4.69) is 55.2 Å². The van der Waals surface area contributed by atoms with Crippen LogP contribution in [0, 0.1) is 6.92 Å². The number of aromatic nitrogens is 2. The molecule has 1 N–H and O–H groups in total. The zero-order chi connectivity index (χ0) is 19.6. The molecule has 144 valence electrons. The molecule has 0 spiro atoms. The third kappa shape index (κ3) is 4.38. The summed E-state index contributed by atoms with van der Waals surface area (Å²) in [5.41, 5.74) is 3.46. The van der Waals surface area contributed by atoms with Crippen molar-refractivity contribution < 1.29 is 14.3 Å². The first-order chi connectivity index (χ1) is 12.8. The van der Waals surface area contributed by atoms with Crippen LogP contribution in [-0.4, -0.2) is 40.1 Å². The van der Waals surface area contributed by atoms with Gasteiger partial charge in [0.1, 0.15) is 0 Å². The van der Waals surface area contributed by atoms with E-state index in [9.17, 15) is 9.59 Å². The fraction of sp³-hybridized carbons (Fsp3) is 0.476. The lowest BCUT2D eigenvalue weighted by atomic mass is 9.86. The Balaban J connectivity index is 1.63. The van der Waals surface area contributed by atoms with E-state index in [1.807, 2.05) is 4.90 Å². The number of ether oxygens (including phenoxy) is 1. The Bertz CT molecular complexity index is 818. The van der Waals surface area contributed by atoms with Crippen molar-refractivity contribution >= 4 is 11.9 Å². The number of likely N-dealkylation sites (tertiary alicyclic amines) is 1. The number of rotatable bonds is 4. The Morgan fingerprint density at radius 2 is 1.96 bits per heavy atom. The summed E-state index contributed by atoms with van der Waals surface area (Å²) >= 11 is 0. The largest absolute Gasteiger partial charge is 0.451 e. The number of nitrogens with zero attached hydrogens (tertiary/aromatic N) is 2. The van der Waals surface area contributed by atoms with Crippen LogP contribution in [0.15, 0.2) is 30.3 Å². The van der Waals surface area contributed by atoms with Gasteiger partial charge in [0.15, 0.2) is 12.3 Å². The Morgan fingerprint density at radius 3 is 2.56 bits per heavy atom. The summed E-state index contributed by atoms with van der Waals surface area (Å²) < 4.78 is 5.15. The van der Waals surface area contributed by atoms with Gasteiger partial charge in [-0.25, -0.2) is 4.79 Å². The van der Waals surface area contributed by atoms with Crippen LogP contribution in [0.2, 0.25) is 0 Å². The standard InChI is InChI=1S/C21H27N3O3/c1-14-12-17(23-22-14)20(26)27-13-19(25)24-11-5-6-18(24)15-7-9-16(10-8-15)21(2,3)4/h7-10,12,18H,5-6,11,13H2,1-4H3,(H,22,23). The Labute approximate surface area is 159 Å². The number of aryl methyl sites for hydroxylation is 1. The first kappa shape index (κ1) is 19.1. The number of carbonyl (C=O) groups is 2. The van der Waals surface area contributed by atoms with Gasteiger partial charge in [-0.3, -0.25) is 9.89 Å². The molecule has 2 heterocycles. The quantitative estimate of drug-likeness (QED) is 0.837. The predicted octanol–water partition coefficient (Wildman–Crippen LogP) is 3.54. The summed E-state index contributed by atoms with van der Waals surface area (Å²) in [6.45, 7) is 8.77. The molecular formula is C21H27N3O3. The summed E-state index contributed by atoms with van der Waals surface area (Å²) in [5.74, 6) is -0.754. The van der Waals surface area contributed by atoms with Crippen molar-refractivity contribution in [3.05, 3.63) is 52.8 Å². The molecule has 6 heteroatoms. The number of H-pyrrole nitrogens is 1. The maximum atomic E-state index is 12.6. The van der Waals surface area contributed by atoms with E-state index in [1.54, 1.807) is 13.0 Å². The number of amides is 1. The third-order valence-corrected chi connectivity index (χ3v) is 4.98. The Hall–Kier alpha value is -2.63. The van der Waals surface area contributed by atoms with Gasteiger partial charge in [-0.2, -0.15) is 5.10 Å². The van der Waals surface area contributed by atoms with Gasteiger partial charge in [0.2, 0.25) is 0 Å². The molecule has 3 rings (SSSR count). The van der Waals surface area contributed by atoms with Crippen molar-refractivity contribution in [2.24, 2.45) is 0 Å². The lowest BCUT2D eigenvalue weighted by Crippen LogP contribution is -2.34. The Morgan fingerprint density at radius 1 is 1.26 bits per heavy atom. The van der Waals surface area contributed by atoms with E-state index < -0.39 is 5.97 Å². The van der Waals surface area contributed by atoms with Crippen LogP contribution >= 0.6 is 0 Å². The number of carbonyl (C=O) groups excluding carboxylic acids is 2. The smallest absolute Gasteiger partial charge is 0.359 e. The zero-order valence-electron chi connectivity index (χ0n) is 16.4. The highest BCUT2D eigenvalue weighted by atomic mass is 16.5. The molecule has 0 aliphatic carbocycles. The number of aromatic amines is 1. The van der Waals surface area contributed by atoms with Crippen molar-refractivity contribution in [2.75, 3.05) is 13.2 Å². The molecule has 0 saturated carbocycles. The van der Waals surface area contributed by atoms with Crippen molar-refractivity contribution in [2.45, 2.75) is 52.0 Å². The second-order valence-corrected chi connectivity index (χ2v) is 8.13. The highest BCUT2D eigenvalue weighted by molar-refractivity contribution is 5.89. The number of benzene rings is 1. The first-order valence-electron chi connectivity index (χ1n) is 9.35. The lowest BCUT2D eigenvalue weighted by molar-refractivity contribution is -0.135. The summed E-state index contributed by atoms with van der Waals surface area (Å²) in [4.78, 5) is 26.4. The number of nitrogens with one attached hydrogen (secondary N) is 1. The minimum absolute atomic E-state index is 0.0397. The molecule has 1 aliphatic heterocycles. The molecule has 1 fully saturated rings. The fourth-order valence-electron chi connectivity index (χ4n) is 3.42. The van der Waals surface area contributed by atoms with E-state index in [-0.39, 0.29) is 29.7 Å². The Kier molecular flexibility index (Phi) is 5.35. The molecule has 2 aromatic rings. The van der Waals surface area contributed by atoms with Crippen molar-refractivity contribution in [1.82, 2.24) is 15.1 Å². The van der Waals surface area contributed by atoms with Crippen LogP contribution in [0.1, 0.15) is 67.0 Å². The molecule has 0 bridgehead atoms. The van der Waals surface area contributed by atoms with Crippen LogP contribution in [0.3, 0.4) is 0 Å².